The molecule has 1 amide bonds. The normalized spacial score (nSPS) is 14.4. The Balaban J connectivity index is 1.85. The lowest BCUT2D eigenvalue weighted by molar-refractivity contribution is -0.136. The molecule has 0 unspecified atom stereocenters. The predicted octanol–water partition coefficient (Wildman–Crippen LogP) is 2.43. The fourth-order valence-corrected chi connectivity index (χ4v) is 4.63. The van der Waals surface area contributed by atoms with Gasteiger partial charge in [-0.3, -0.25) is 18.8 Å². The molecule has 1 aliphatic heterocycles. The van der Waals surface area contributed by atoms with Crippen molar-refractivity contribution in [3.8, 4) is 0 Å². The minimum atomic E-state index is -3.82. The van der Waals surface area contributed by atoms with Crippen LogP contribution in [0.2, 0.25) is 0 Å². The van der Waals surface area contributed by atoms with Gasteiger partial charge < -0.3 is 5.11 Å². The van der Waals surface area contributed by atoms with Crippen LogP contribution in [0.1, 0.15) is 20.3 Å². The van der Waals surface area contributed by atoms with Gasteiger partial charge in [0, 0.05) is 24.9 Å². The highest BCUT2D eigenvalue weighted by atomic mass is 32.2. The second-order valence-corrected chi connectivity index (χ2v) is 8.44. The molecule has 3 rings (SSSR count). The first-order chi connectivity index (χ1) is 13.8. The lowest BCUT2D eigenvalue weighted by Crippen LogP contribution is -2.31. The molecule has 2 aromatic rings. The number of nitrogens with zero attached hydrogens (tertiary/aromatic N) is 3. The summed E-state index contributed by atoms with van der Waals surface area (Å²) in [6.07, 6.45) is 0.865. The lowest BCUT2D eigenvalue weighted by Gasteiger charge is -2.23. The molecule has 8 nitrogen and oxygen atoms in total. The maximum atomic E-state index is 13.0. The van der Waals surface area contributed by atoms with E-state index in [1.54, 1.807) is 38.1 Å². The van der Waals surface area contributed by atoms with E-state index in [1.165, 1.54) is 27.5 Å². The summed E-state index contributed by atoms with van der Waals surface area (Å²) in [5.41, 5.74) is 1.45. The van der Waals surface area contributed by atoms with Crippen molar-refractivity contribution in [1.29, 1.82) is 0 Å². The van der Waals surface area contributed by atoms with Gasteiger partial charge in [0.25, 0.3) is 15.9 Å². The van der Waals surface area contributed by atoms with Gasteiger partial charge >= 0.3 is 5.97 Å². The first-order valence-corrected chi connectivity index (χ1v) is 10.5. The monoisotopic (exact) mass is 415 g/mol. The van der Waals surface area contributed by atoms with Crippen molar-refractivity contribution in [3.05, 3.63) is 59.8 Å². The summed E-state index contributed by atoms with van der Waals surface area (Å²) in [4.78, 5) is 29.0. The van der Waals surface area contributed by atoms with Gasteiger partial charge in [0.15, 0.2) is 0 Å². The van der Waals surface area contributed by atoms with E-state index < -0.39 is 21.9 Å². The quantitative estimate of drug-likeness (QED) is 0.744. The molecule has 0 atom stereocenters. The first kappa shape index (κ1) is 20.5. The van der Waals surface area contributed by atoms with Crippen molar-refractivity contribution in [3.63, 3.8) is 0 Å². The molecule has 9 heteroatoms. The Morgan fingerprint density at radius 2 is 1.90 bits per heavy atom. The van der Waals surface area contributed by atoms with E-state index in [-0.39, 0.29) is 35.8 Å². The summed E-state index contributed by atoms with van der Waals surface area (Å²) in [6.45, 7) is 3.92. The van der Waals surface area contributed by atoms with Crippen molar-refractivity contribution < 1.29 is 23.1 Å². The second-order valence-electron chi connectivity index (χ2n) is 6.58. The van der Waals surface area contributed by atoms with Gasteiger partial charge in [-0.25, -0.2) is 13.4 Å². The minimum Gasteiger partial charge on any atom is -0.481 e. The molecule has 1 aromatic heterocycles. The Morgan fingerprint density at radius 1 is 1.21 bits per heavy atom. The molecule has 0 radical (unpaired) electrons. The molecular weight excluding hydrogens is 394 g/mol. The van der Waals surface area contributed by atoms with Gasteiger partial charge in [-0.15, -0.1) is 0 Å². The van der Waals surface area contributed by atoms with Gasteiger partial charge in [-0.2, -0.15) is 0 Å². The number of carboxylic acids is 1. The highest BCUT2D eigenvalue weighted by molar-refractivity contribution is 7.92. The van der Waals surface area contributed by atoms with Gasteiger partial charge in [-0.05, 0) is 43.7 Å². The summed E-state index contributed by atoms with van der Waals surface area (Å²) in [5.74, 6) is -1.23. The van der Waals surface area contributed by atoms with Gasteiger partial charge in [0.2, 0.25) is 0 Å². The number of benzene rings is 1. The van der Waals surface area contributed by atoms with Crippen molar-refractivity contribution in [2.45, 2.75) is 25.2 Å². The van der Waals surface area contributed by atoms with Crippen LogP contribution in [-0.2, 0) is 19.6 Å². The van der Waals surface area contributed by atoms with E-state index in [4.69, 9.17) is 5.11 Å². The van der Waals surface area contributed by atoms with Crippen molar-refractivity contribution in [2.24, 2.45) is 0 Å². The standard InChI is InChI=1S/C20H21N3O5S/c1-3-23(15-7-5-4-6-8-15)29(27,28)16-9-10-18(21-12-16)22-13-14(2)17(20(22)26)11-19(24)25/h4-10,12H,3,11,13H2,1-2H3,(H,24,25). The fourth-order valence-electron chi connectivity index (χ4n) is 3.21. The number of hydrogen-bond acceptors (Lipinski definition) is 5. The Labute approximate surface area is 169 Å². The van der Waals surface area contributed by atoms with Crippen LogP contribution in [0.4, 0.5) is 11.5 Å². The number of anilines is 2. The molecule has 1 aliphatic rings. The van der Waals surface area contributed by atoms with Crippen LogP contribution < -0.4 is 9.21 Å². The predicted molar refractivity (Wildman–Crippen MR) is 108 cm³/mol. The van der Waals surface area contributed by atoms with Crippen LogP contribution in [0.5, 0.6) is 0 Å². The van der Waals surface area contributed by atoms with Crippen LogP contribution in [0.3, 0.4) is 0 Å². The number of carbonyl (C=O) groups is 2. The number of sulfonamides is 1. The van der Waals surface area contributed by atoms with Crippen LogP contribution >= 0.6 is 0 Å². The third-order valence-electron chi connectivity index (χ3n) is 4.66. The topological polar surface area (TPSA) is 108 Å². The zero-order valence-electron chi connectivity index (χ0n) is 16.1. The van der Waals surface area contributed by atoms with Gasteiger partial charge in [0.05, 0.1) is 12.1 Å². The largest absolute Gasteiger partial charge is 0.481 e. The smallest absolute Gasteiger partial charge is 0.308 e. The number of aromatic nitrogens is 1. The number of aliphatic carboxylic acids is 1. The summed E-state index contributed by atoms with van der Waals surface area (Å²) in [6, 6.07) is 11.6. The summed E-state index contributed by atoms with van der Waals surface area (Å²) < 4.78 is 27.3. The molecular formula is C20H21N3O5S. The third-order valence-corrected chi connectivity index (χ3v) is 6.54. The Hall–Kier alpha value is -3.20. The number of pyridine rings is 1. The number of para-hydroxylation sites is 1. The zero-order valence-corrected chi connectivity index (χ0v) is 16.9. The Kier molecular flexibility index (Phi) is 5.69. The van der Waals surface area contributed by atoms with E-state index in [2.05, 4.69) is 4.98 Å². The average molecular weight is 415 g/mol. The van der Waals surface area contributed by atoms with Crippen molar-refractivity contribution >= 4 is 33.4 Å². The molecule has 1 aromatic carbocycles. The highest BCUT2D eigenvalue weighted by Crippen LogP contribution is 2.28. The minimum absolute atomic E-state index is 0.00837. The van der Waals surface area contributed by atoms with Gasteiger partial charge in [0.1, 0.15) is 10.7 Å². The van der Waals surface area contributed by atoms with Crippen molar-refractivity contribution in [1.82, 2.24) is 4.98 Å². The molecule has 0 bridgehead atoms. The number of hydrogen-bond donors (Lipinski definition) is 1. The number of carbonyl (C=O) groups excluding carboxylic acids is 1. The Bertz CT molecular complexity index is 1060. The molecule has 1 N–H and O–H groups in total. The van der Waals surface area contributed by atoms with E-state index >= 15 is 0 Å². The molecule has 0 aliphatic carbocycles. The average Bonchev–Trinajstić information content (AvgIpc) is 2.97. The summed E-state index contributed by atoms with van der Waals surface area (Å²) in [5, 5.41) is 8.97. The number of amides is 1. The molecule has 29 heavy (non-hydrogen) atoms. The number of carboxylic acid groups (broad SMARTS) is 1. The third kappa shape index (κ3) is 4.00. The SMILES string of the molecule is CCN(c1ccccc1)S(=O)(=O)c1ccc(N2CC(C)=C(CC(=O)O)C2=O)nc1. The van der Waals surface area contributed by atoms with Crippen LogP contribution in [0.25, 0.3) is 0 Å². The summed E-state index contributed by atoms with van der Waals surface area (Å²) >= 11 is 0. The molecule has 0 saturated carbocycles. The molecule has 2 heterocycles. The van der Waals surface area contributed by atoms with Crippen molar-refractivity contribution in [2.75, 3.05) is 22.3 Å². The van der Waals surface area contributed by atoms with E-state index in [0.29, 0.717) is 11.3 Å². The van der Waals surface area contributed by atoms with Crippen LogP contribution in [0, 0.1) is 0 Å². The second kappa shape index (κ2) is 8.04. The molecule has 0 fully saturated rings. The molecule has 152 valence electrons. The van der Waals surface area contributed by atoms with E-state index in [1.807, 2.05) is 6.07 Å². The van der Waals surface area contributed by atoms with E-state index in [9.17, 15) is 18.0 Å². The summed E-state index contributed by atoms with van der Waals surface area (Å²) in [7, 11) is -3.82. The van der Waals surface area contributed by atoms with Crippen LogP contribution in [-0.4, -0.2) is 43.5 Å². The maximum absolute atomic E-state index is 13.0. The first-order valence-electron chi connectivity index (χ1n) is 9.01. The highest BCUT2D eigenvalue weighted by Gasteiger charge is 2.31. The molecule has 0 saturated heterocycles. The Morgan fingerprint density at radius 3 is 2.45 bits per heavy atom. The fraction of sp³-hybridized carbons (Fsp3) is 0.250. The van der Waals surface area contributed by atoms with Gasteiger partial charge in [-0.1, -0.05) is 18.2 Å². The van der Waals surface area contributed by atoms with Crippen LogP contribution in [0.15, 0.2) is 64.7 Å². The number of rotatable bonds is 7. The molecule has 0 spiro atoms. The zero-order chi connectivity index (χ0) is 21.2. The van der Waals surface area contributed by atoms with E-state index in [0.717, 1.165) is 0 Å². The lowest BCUT2D eigenvalue weighted by atomic mass is 10.1. The maximum Gasteiger partial charge on any atom is 0.308 e.